The van der Waals surface area contributed by atoms with E-state index in [0.717, 1.165) is 31.8 Å². The van der Waals surface area contributed by atoms with E-state index in [1.807, 2.05) is 0 Å². The molecule has 1 aromatic rings. The van der Waals surface area contributed by atoms with Crippen molar-refractivity contribution < 1.29 is 17.5 Å². The van der Waals surface area contributed by atoms with E-state index in [1.165, 1.54) is 29.6 Å². The van der Waals surface area contributed by atoms with Crippen LogP contribution in [0.15, 0.2) is 23.1 Å². The van der Waals surface area contributed by atoms with Crippen LogP contribution < -0.4 is 4.90 Å². The highest BCUT2D eigenvalue weighted by atomic mass is 32.2. The van der Waals surface area contributed by atoms with Crippen molar-refractivity contribution in [1.82, 2.24) is 4.31 Å². The van der Waals surface area contributed by atoms with Gasteiger partial charge in [0.25, 0.3) is 0 Å². The number of hydrogen-bond donors (Lipinski definition) is 0. The average molecular weight is 425 g/mol. The number of morpholine rings is 1. The van der Waals surface area contributed by atoms with Gasteiger partial charge >= 0.3 is 0 Å². The van der Waals surface area contributed by atoms with E-state index in [4.69, 9.17) is 4.74 Å². The van der Waals surface area contributed by atoms with E-state index in [2.05, 4.69) is 18.7 Å². The maximum absolute atomic E-state index is 15.0. The second-order valence-corrected chi connectivity index (χ2v) is 11.2. The molecule has 0 spiro atoms. The van der Waals surface area contributed by atoms with Crippen LogP contribution in [0.4, 0.5) is 10.1 Å². The summed E-state index contributed by atoms with van der Waals surface area (Å²) in [6.45, 7) is 6.97. The molecule has 0 amide bonds. The fourth-order valence-corrected chi connectivity index (χ4v) is 6.65. The first-order chi connectivity index (χ1) is 13.9. The van der Waals surface area contributed by atoms with E-state index in [1.54, 1.807) is 12.1 Å². The molecule has 29 heavy (non-hydrogen) atoms. The van der Waals surface area contributed by atoms with Crippen molar-refractivity contribution in [3.63, 3.8) is 0 Å². The van der Waals surface area contributed by atoms with Crippen LogP contribution in [0.2, 0.25) is 0 Å². The van der Waals surface area contributed by atoms with E-state index in [0.29, 0.717) is 37.3 Å². The number of benzene rings is 1. The van der Waals surface area contributed by atoms with Crippen LogP contribution in [-0.4, -0.2) is 51.6 Å². The second kappa shape index (κ2) is 8.52. The zero-order valence-electron chi connectivity index (χ0n) is 17.5. The maximum Gasteiger partial charge on any atom is 0.243 e. The van der Waals surface area contributed by atoms with Gasteiger partial charge in [0.05, 0.1) is 23.8 Å². The van der Waals surface area contributed by atoms with Gasteiger partial charge in [0, 0.05) is 25.7 Å². The molecule has 2 aliphatic heterocycles. The summed E-state index contributed by atoms with van der Waals surface area (Å²) < 4.78 is 48.5. The predicted molar refractivity (Wildman–Crippen MR) is 112 cm³/mol. The molecular formula is C22H33FN2O3S. The van der Waals surface area contributed by atoms with E-state index < -0.39 is 15.8 Å². The Hall–Kier alpha value is -1.18. The van der Waals surface area contributed by atoms with Gasteiger partial charge in [-0.3, -0.25) is 0 Å². The Balaban J connectivity index is 1.52. The standard InChI is InChI=1S/C22H33FN2O3S/c1-16(2)12-19-15-28-11-10-25(19)29(26,27)20-6-7-22(21(23)13-20)24-9-8-18(14-24)17-4-3-5-17/h6-7,13,16-19H,3-5,8-12,14-15H2,1-2H3/t18?,19-/m0/s1. The van der Waals surface area contributed by atoms with Gasteiger partial charge in [-0.2, -0.15) is 4.31 Å². The van der Waals surface area contributed by atoms with Gasteiger partial charge in [0.15, 0.2) is 0 Å². The molecule has 0 bridgehead atoms. The summed E-state index contributed by atoms with van der Waals surface area (Å²) in [6.07, 6.45) is 5.76. The molecule has 2 saturated heterocycles. The van der Waals surface area contributed by atoms with E-state index >= 15 is 0 Å². The highest BCUT2D eigenvalue weighted by Gasteiger charge is 2.36. The number of rotatable bonds is 6. The van der Waals surface area contributed by atoms with Crippen molar-refractivity contribution in [3.05, 3.63) is 24.0 Å². The molecule has 4 rings (SSSR count). The zero-order chi connectivity index (χ0) is 20.6. The normalized spacial score (nSPS) is 26.8. The first-order valence-corrected chi connectivity index (χ1v) is 12.4. The Morgan fingerprint density at radius 1 is 1.17 bits per heavy atom. The minimum absolute atomic E-state index is 0.0455. The fraction of sp³-hybridized carbons (Fsp3) is 0.727. The molecule has 0 aromatic heterocycles. The van der Waals surface area contributed by atoms with Crippen LogP contribution in [0.3, 0.4) is 0 Å². The van der Waals surface area contributed by atoms with Gasteiger partial charge in [0.2, 0.25) is 10.0 Å². The van der Waals surface area contributed by atoms with Gasteiger partial charge in [0.1, 0.15) is 5.82 Å². The molecule has 1 aromatic carbocycles. The van der Waals surface area contributed by atoms with Crippen molar-refractivity contribution >= 4 is 15.7 Å². The number of sulfonamides is 1. The Labute approximate surface area is 174 Å². The Bertz CT molecular complexity index is 825. The van der Waals surface area contributed by atoms with Gasteiger partial charge in [-0.05, 0) is 48.8 Å². The average Bonchev–Trinajstić information content (AvgIpc) is 3.09. The number of halogens is 1. The molecule has 2 atom stereocenters. The largest absolute Gasteiger partial charge is 0.378 e. The summed E-state index contributed by atoms with van der Waals surface area (Å²) in [5.41, 5.74) is 0.534. The van der Waals surface area contributed by atoms with Crippen LogP contribution >= 0.6 is 0 Å². The Morgan fingerprint density at radius 3 is 2.62 bits per heavy atom. The maximum atomic E-state index is 15.0. The van der Waals surface area contributed by atoms with Crippen LogP contribution in [0.1, 0.15) is 46.0 Å². The smallest absolute Gasteiger partial charge is 0.243 e. The number of anilines is 1. The van der Waals surface area contributed by atoms with Crippen LogP contribution in [-0.2, 0) is 14.8 Å². The molecule has 0 N–H and O–H groups in total. The molecule has 1 aliphatic carbocycles. The molecule has 162 valence electrons. The number of ether oxygens (including phenoxy) is 1. The lowest BCUT2D eigenvalue weighted by Crippen LogP contribution is -2.49. The van der Waals surface area contributed by atoms with Crippen molar-refractivity contribution in [1.29, 1.82) is 0 Å². The fourth-order valence-electron chi connectivity index (χ4n) is 5.03. The summed E-state index contributed by atoms with van der Waals surface area (Å²) in [5.74, 6) is 1.37. The first-order valence-electron chi connectivity index (χ1n) is 11.0. The Kier molecular flexibility index (Phi) is 6.19. The summed E-state index contributed by atoms with van der Waals surface area (Å²) in [7, 11) is -3.74. The lowest BCUT2D eigenvalue weighted by molar-refractivity contribution is 0.0254. The summed E-state index contributed by atoms with van der Waals surface area (Å²) in [5, 5.41) is 0. The van der Waals surface area contributed by atoms with Crippen molar-refractivity contribution in [2.24, 2.45) is 17.8 Å². The van der Waals surface area contributed by atoms with Gasteiger partial charge in [-0.25, -0.2) is 12.8 Å². The minimum Gasteiger partial charge on any atom is -0.378 e. The third kappa shape index (κ3) is 4.32. The van der Waals surface area contributed by atoms with Gasteiger partial charge in [-0.15, -0.1) is 0 Å². The lowest BCUT2D eigenvalue weighted by atomic mass is 9.75. The van der Waals surface area contributed by atoms with Crippen molar-refractivity contribution in [3.8, 4) is 0 Å². The third-order valence-corrected chi connectivity index (χ3v) is 8.77. The van der Waals surface area contributed by atoms with Crippen LogP contribution in [0, 0.1) is 23.6 Å². The SMILES string of the molecule is CC(C)C[C@H]1COCCN1S(=O)(=O)c1ccc(N2CCC(C3CCC3)C2)c(F)c1. The molecule has 3 fully saturated rings. The highest BCUT2D eigenvalue weighted by molar-refractivity contribution is 7.89. The molecule has 1 saturated carbocycles. The van der Waals surface area contributed by atoms with Crippen LogP contribution in [0.5, 0.6) is 0 Å². The molecule has 1 unspecified atom stereocenters. The quantitative estimate of drug-likeness (QED) is 0.695. The summed E-state index contributed by atoms with van der Waals surface area (Å²) in [6, 6.07) is 4.25. The van der Waals surface area contributed by atoms with E-state index in [9.17, 15) is 12.8 Å². The predicted octanol–water partition coefficient (Wildman–Crippen LogP) is 3.89. The molecule has 7 heteroatoms. The summed E-state index contributed by atoms with van der Waals surface area (Å²) >= 11 is 0. The third-order valence-electron chi connectivity index (χ3n) is 6.82. The summed E-state index contributed by atoms with van der Waals surface area (Å²) in [4.78, 5) is 2.13. The van der Waals surface area contributed by atoms with Crippen molar-refractivity contribution in [2.75, 3.05) is 37.7 Å². The monoisotopic (exact) mass is 424 g/mol. The molecule has 5 nitrogen and oxygen atoms in total. The zero-order valence-corrected chi connectivity index (χ0v) is 18.3. The molecule has 2 heterocycles. The van der Waals surface area contributed by atoms with Crippen molar-refractivity contribution in [2.45, 2.75) is 56.9 Å². The minimum atomic E-state index is -3.74. The topological polar surface area (TPSA) is 49.9 Å². The van der Waals surface area contributed by atoms with Gasteiger partial charge in [-0.1, -0.05) is 33.1 Å². The highest BCUT2D eigenvalue weighted by Crippen LogP contribution is 2.40. The van der Waals surface area contributed by atoms with E-state index in [-0.39, 0.29) is 10.9 Å². The Morgan fingerprint density at radius 2 is 1.97 bits per heavy atom. The van der Waals surface area contributed by atoms with Gasteiger partial charge < -0.3 is 9.64 Å². The van der Waals surface area contributed by atoms with Crippen LogP contribution in [0.25, 0.3) is 0 Å². The second-order valence-electron chi connectivity index (χ2n) is 9.27. The first kappa shape index (κ1) is 21.1. The lowest BCUT2D eigenvalue weighted by Gasteiger charge is -2.35. The molecule has 3 aliphatic rings. The number of nitrogens with zero attached hydrogens (tertiary/aromatic N) is 2. The molecule has 0 radical (unpaired) electrons. The number of hydrogen-bond acceptors (Lipinski definition) is 4. The molecular weight excluding hydrogens is 391 g/mol.